The Bertz CT molecular complexity index is 249. The van der Waals surface area contributed by atoms with Crippen molar-refractivity contribution in [3.05, 3.63) is 0 Å². The topological polar surface area (TPSA) is 35.5 Å². The maximum atomic E-state index is 9.67. The summed E-state index contributed by atoms with van der Waals surface area (Å²) >= 11 is 0. The molecule has 0 bridgehead atoms. The third kappa shape index (κ3) is 4.44. The third-order valence-electron chi connectivity index (χ3n) is 5.34. The van der Waals surface area contributed by atoms with Crippen LogP contribution >= 0.6 is 0 Å². The highest BCUT2D eigenvalue weighted by Crippen LogP contribution is 2.27. The normalized spacial score (nSPS) is 33.0. The minimum absolute atomic E-state index is 0.120. The largest absolute Gasteiger partial charge is 0.393 e. The first kappa shape index (κ1) is 15.3. The van der Waals surface area contributed by atoms with Crippen molar-refractivity contribution < 1.29 is 5.11 Å². The quantitative estimate of drug-likeness (QED) is 0.768. The number of aliphatic hydroxyl groups excluding tert-OH is 1. The van der Waals surface area contributed by atoms with Gasteiger partial charge >= 0.3 is 0 Å². The van der Waals surface area contributed by atoms with Crippen LogP contribution in [-0.2, 0) is 0 Å². The fraction of sp³-hybridized carbons (Fsp3) is 1.00. The molecule has 0 amide bonds. The molecule has 3 atom stereocenters. The van der Waals surface area contributed by atoms with Crippen LogP contribution in [0.2, 0.25) is 0 Å². The van der Waals surface area contributed by atoms with Crippen LogP contribution in [-0.4, -0.2) is 48.8 Å². The van der Waals surface area contributed by atoms with E-state index >= 15 is 0 Å². The van der Waals surface area contributed by atoms with Gasteiger partial charge in [0.25, 0.3) is 0 Å². The Morgan fingerprint density at radius 2 is 1.79 bits per heavy atom. The molecule has 19 heavy (non-hydrogen) atoms. The number of nitrogens with zero attached hydrogens (tertiary/aromatic N) is 1. The Kier molecular flexibility index (Phi) is 6.11. The van der Waals surface area contributed by atoms with Crippen LogP contribution in [0.25, 0.3) is 0 Å². The number of rotatable bonds is 4. The molecule has 1 heterocycles. The van der Waals surface area contributed by atoms with Crippen molar-refractivity contribution in [2.45, 2.75) is 64.0 Å². The van der Waals surface area contributed by atoms with E-state index in [2.05, 4.69) is 17.3 Å². The van der Waals surface area contributed by atoms with Crippen molar-refractivity contribution in [1.29, 1.82) is 0 Å². The van der Waals surface area contributed by atoms with Gasteiger partial charge in [0.15, 0.2) is 0 Å². The highest BCUT2D eigenvalue weighted by Gasteiger charge is 2.27. The van der Waals surface area contributed by atoms with Crippen molar-refractivity contribution in [2.24, 2.45) is 11.8 Å². The number of piperidine rings is 1. The Hall–Kier alpha value is -0.120. The summed E-state index contributed by atoms with van der Waals surface area (Å²) in [5.74, 6) is 1.36. The highest BCUT2D eigenvalue weighted by molar-refractivity contribution is 4.83. The first-order chi connectivity index (χ1) is 9.20. The number of hydrogen-bond donors (Lipinski definition) is 2. The second kappa shape index (κ2) is 7.61. The van der Waals surface area contributed by atoms with Crippen LogP contribution < -0.4 is 5.32 Å². The molecular formula is C16H32N2O. The SMILES string of the molecule is CNC1CCCCCC1CN1CCC(C(C)O)CC1. The van der Waals surface area contributed by atoms with Gasteiger partial charge in [-0.05, 0) is 64.6 Å². The molecule has 0 aromatic heterocycles. The Balaban J connectivity index is 1.80. The van der Waals surface area contributed by atoms with E-state index in [0.717, 1.165) is 12.0 Å². The molecule has 0 aromatic rings. The first-order valence-corrected chi connectivity index (χ1v) is 8.28. The molecule has 2 N–H and O–H groups in total. The predicted molar refractivity (Wildman–Crippen MR) is 80.3 cm³/mol. The van der Waals surface area contributed by atoms with Crippen molar-refractivity contribution in [1.82, 2.24) is 10.2 Å². The molecule has 3 unspecified atom stereocenters. The van der Waals surface area contributed by atoms with Gasteiger partial charge in [-0.2, -0.15) is 0 Å². The molecule has 0 spiro atoms. The second-order valence-corrected chi connectivity index (χ2v) is 6.67. The molecule has 0 aromatic carbocycles. The van der Waals surface area contributed by atoms with Gasteiger partial charge in [0, 0.05) is 12.6 Å². The summed E-state index contributed by atoms with van der Waals surface area (Å²) < 4.78 is 0. The zero-order chi connectivity index (χ0) is 13.7. The van der Waals surface area contributed by atoms with Crippen LogP contribution in [0.15, 0.2) is 0 Å². The summed E-state index contributed by atoms with van der Waals surface area (Å²) in [6, 6.07) is 0.719. The molecule has 1 saturated heterocycles. The minimum Gasteiger partial charge on any atom is -0.393 e. The average Bonchev–Trinajstić information content (AvgIpc) is 2.64. The number of nitrogens with one attached hydrogen (secondary N) is 1. The summed E-state index contributed by atoms with van der Waals surface area (Å²) in [4.78, 5) is 2.64. The van der Waals surface area contributed by atoms with E-state index in [-0.39, 0.29) is 6.10 Å². The monoisotopic (exact) mass is 268 g/mol. The fourth-order valence-corrected chi connectivity index (χ4v) is 3.93. The molecule has 1 aliphatic carbocycles. The van der Waals surface area contributed by atoms with Gasteiger partial charge in [-0.3, -0.25) is 0 Å². The Morgan fingerprint density at radius 3 is 2.42 bits per heavy atom. The molecule has 1 aliphatic heterocycles. The lowest BCUT2D eigenvalue weighted by Gasteiger charge is -2.37. The third-order valence-corrected chi connectivity index (χ3v) is 5.34. The maximum absolute atomic E-state index is 9.67. The molecule has 1 saturated carbocycles. The van der Waals surface area contributed by atoms with Crippen molar-refractivity contribution in [3.63, 3.8) is 0 Å². The highest BCUT2D eigenvalue weighted by atomic mass is 16.3. The molecule has 112 valence electrons. The Labute approximate surface area is 118 Å². The van der Waals surface area contributed by atoms with E-state index in [4.69, 9.17) is 0 Å². The lowest BCUT2D eigenvalue weighted by atomic mass is 9.89. The second-order valence-electron chi connectivity index (χ2n) is 6.67. The summed E-state index contributed by atoms with van der Waals surface area (Å²) in [7, 11) is 2.13. The van der Waals surface area contributed by atoms with Gasteiger partial charge in [0.2, 0.25) is 0 Å². The first-order valence-electron chi connectivity index (χ1n) is 8.28. The fourth-order valence-electron chi connectivity index (χ4n) is 3.93. The lowest BCUT2D eigenvalue weighted by molar-refractivity contribution is 0.0633. The molecular weight excluding hydrogens is 236 g/mol. The average molecular weight is 268 g/mol. The van der Waals surface area contributed by atoms with E-state index in [0.29, 0.717) is 5.92 Å². The van der Waals surface area contributed by atoms with Gasteiger partial charge in [-0.15, -0.1) is 0 Å². The van der Waals surface area contributed by atoms with Crippen LogP contribution in [0.3, 0.4) is 0 Å². The van der Waals surface area contributed by atoms with Gasteiger partial charge < -0.3 is 15.3 Å². The smallest absolute Gasteiger partial charge is 0.0541 e. The standard InChI is InChI=1S/C16H32N2O/c1-13(19)14-8-10-18(11-9-14)12-15-6-4-3-5-7-16(15)17-2/h13-17,19H,3-12H2,1-2H3. The summed E-state index contributed by atoms with van der Waals surface area (Å²) in [6.45, 7) is 5.58. The van der Waals surface area contributed by atoms with E-state index in [1.165, 1.54) is 64.6 Å². The molecule has 3 heteroatoms. The molecule has 3 nitrogen and oxygen atoms in total. The van der Waals surface area contributed by atoms with Crippen LogP contribution in [0.5, 0.6) is 0 Å². The number of aliphatic hydroxyl groups is 1. The lowest BCUT2D eigenvalue weighted by Crippen LogP contribution is -2.44. The van der Waals surface area contributed by atoms with Crippen LogP contribution in [0.1, 0.15) is 51.9 Å². The maximum Gasteiger partial charge on any atom is 0.0541 e. The summed E-state index contributed by atoms with van der Waals surface area (Å²) in [5, 5.41) is 13.2. The van der Waals surface area contributed by atoms with E-state index in [1.54, 1.807) is 0 Å². The van der Waals surface area contributed by atoms with Gasteiger partial charge in [-0.25, -0.2) is 0 Å². The zero-order valence-corrected chi connectivity index (χ0v) is 12.8. The summed E-state index contributed by atoms with van der Waals surface area (Å²) in [5.41, 5.74) is 0. The van der Waals surface area contributed by atoms with E-state index < -0.39 is 0 Å². The van der Waals surface area contributed by atoms with Crippen LogP contribution in [0, 0.1) is 11.8 Å². The predicted octanol–water partition coefficient (Wildman–Crippen LogP) is 2.25. The summed E-state index contributed by atoms with van der Waals surface area (Å²) in [6.07, 6.45) is 9.19. The zero-order valence-electron chi connectivity index (χ0n) is 12.8. The van der Waals surface area contributed by atoms with Crippen molar-refractivity contribution in [3.8, 4) is 0 Å². The minimum atomic E-state index is -0.120. The number of likely N-dealkylation sites (tertiary alicyclic amines) is 1. The van der Waals surface area contributed by atoms with E-state index in [9.17, 15) is 5.11 Å². The molecule has 2 rings (SSSR count). The van der Waals surface area contributed by atoms with Gasteiger partial charge in [-0.1, -0.05) is 19.3 Å². The molecule has 0 radical (unpaired) electrons. The molecule has 2 aliphatic rings. The Morgan fingerprint density at radius 1 is 1.11 bits per heavy atom. The number of hydrogen-bond acceptors (Lipinski definition) is 3. The van der Waals surface area contributed by atoms with Gasteiger partial charge in [0.05, 0.1) is 6.10 Å². The molecule has 2 fully saturated rings. The van der Waals surface area contributed by atoms with E-state index in [1.807, 2.05) is 6.92 Å². The van der Waals surface area contributed by atoms with Crippen molar-refractivity contribution in [2.75, 3.05) is 26.7 Å². The van der Waals surface area contributed by atoms with Crippen LogP contribution in [0.4, 0.5) is 0 Å². The van der Waals surface area contributed by atoms with Gasteiger partial charge in [0.1, 0.15) is 0 Å². The van der Waals surface area contributed by atoms with Crippen molar-refractivity contribution >= 4 is 0 Å².